The Morgan fingerprint density at radius 2 is 2.00 bits per heavy atom. The van der Waals surface area contributed by atoms with Gasteiger partial charge in [0, 0.05) is 5.39 Å². The molecule has 5 heteroatoms. The molecule has 0 atom stereocenters. The number of ether oxygens (including phenoxy) is 1. The van der Waals surface area contributed by atoms with E-state index in [1.165, 1.54) is 5.39 Å². The maximum absolute atomic E-state index is 12.0. The lowest BCUT2D eigenvalue weighted by Gasteiger charge is -2.17. The predicted octanol–water partition coefficient (Wildman–Crippen LogP) is 3.15. The van der Waals surface area contributed by atoms with Crippen LogP contribution in [0.15, 0.2) is 42.9 Å². The smallest absolute Gasteiger partial charge is 0.340 e. The van der Waals surface area contributed by atoms with E-state index in [4.69, 9.17) is 4.74 Å². The third-order valence-corrected chi connectivity index (χ3v) is 3.76. The van der Waals surface area contributed by atoms with Crippen molar-refractivity contribution in [1.29, 1.82) is 0 Å². The summed E-state index contributed by atoms with van der Waals surface area (Å²) in [6.07, 6.45) is 3.96. The minimum Gasteiger partial charge on any atom is -0.464 e. The van der Waals surface area contributed by atoms with Gasteiger partial charge in [0.1, 0.15) is 0 Å². The van der Waals surface area contributed by atoms with E-state index in [0.29, 0.717) is 6.61 Å². The molecule has 0 spiro atoms. The number of hydrogen-bond acceptors (Lipinski definition) is 3. The Balaban J connectivity index is 2.21. The Morgan fingerprint density at radius 1 is 1.25 bits per heavy atom. The molecular formula is C19H24N3O2+. The molecule has 0 aliphatic rings. The van der Waals surface area contributed by atoms with Crippen molar-refractivity contribution < 1.29 is 14.1 Å². The van der Waals surface area contributed by atoms with Gasteiger partial charge in [0.25, 0.3) is 5.82 Å². The van der Waals surface area contributed by atoms with E-state index in [0.717, 1.165) is 16.7 Å². The minimum atomic E-state index is -0.236. The molecular weight excluding hydrogens is 302 g/mol. The van der Waals surface area contributed by atoms with Gasteiger partial charge in [-0.3, -0.25) is 5.32 Å². The number of rotatable bonds is 4. The van der Waals surface area contributed by atoms with E-state index in [-0.39, 0.29) is 18.1 Å². The number of esters is 1. The van der Waals surface area contributed by atoms with Crippen LogP contribution in [0.25, 0.3) is 16.3 Å². The highest BCUT2D eigenvalue weighted by molar-refractivity contribution is 6.00. The SMILES string of the molecule is CCOC(=O)C[n+]1cn2ccc3ccccc3c2c1NC(C)(C)C. The van der Waals surface area contributed by atoms with Crippen LogP contribution in [-0.2, 0) is 16.1 Å². The first-order chi connectivity index (χ1) is 11.4. The average Bonchev–Trinajstić information content (AvgIpc) is 2.83. The van der Waals surface area contributed by atoms with Crippen molar-refractivity contribution in [3.63, 3.8) is 0 Å². The zero-order chi connectivity index (χ0) is 17.3. The Kier molecular flexibility index (Phi) is 4.18. The molecule has 0 saturated carbocycles. The predicted molar refractivity (Wildman–Crippen MR) is 95.1 cm³/mol. The number of anilines is 1. The zero-order valence-electron chi connectivity index (χ0n) is 14.7. The summed E-state index contributed by atoms with van der Waals surface area (Å²) in [4.78, 5) is 12.0. The van der Waals surface area contributed by atoms with Crippen LogP contribution in [-0.4, -0.2) is 22.5 Å². The first-order valence-electron chi connectivity index (χ1n) is 8.24. The summed E-state index contributed by atoms with van der Waals surface area (Å²) < 4.78 is 9.09. The number of pyridine rings is 1. The lowest BCUT2D eigenvalue weighted by Crippen LogP contribution is -2.42. The normalized spacial score (nSPS) is 11.8. The van der Waals surface area contributed by atoms with Crippen LogP contribution in [0.4, 0.5) is 5.82 Å². The third kappa shape index (κ3) is 3.20. The average molecular weight is 326 g/mol. The monoisotopic (exact) mass is 326 g/mol. The molecule has 1 N–H and O–H groups in total. The number of carbonyl (C=O) groups is 1. The molecule has 1 aromatic carbocycles. The van der Waals surface area contributed by atoms with Gasteiger partial charge < -0.3 is 4.74 Å². The third-order valence-electron chi connectivity index (χ3n) is 3.76. The number of nitrogens with zero attached hydrogens (tertiary/aromatic N) is 2. The van der Waals surface area contributed by atoms with Gasteiger partial charge in [-0.2, -0.15) is 0 Å². The lowest BCUT2D eigenvalue weighted by atomic mass is 10.1. The first-order valence-corrected chi connectivity index (χ1v) is 8.24. The molecule has 0 fully saturated rings. The largest absolute Gasteiger partial charge is 0.464 e. The van der Waals surface area contributed by atoms with E-state index >= 15 is 0 Å². The number of benzene rings is 1. The standard InChI is InChI=1S/C19H24N3O2/c1-5-24-16(23)12-22-13-21-11-10-14-8-6-7-9-15(14)17(21)18(22)20-19(2,3)4/h6-11,13,20H,5,12H2,1-4H3/q+1. The minimum absolute atomic E-state index is 0.130. The van der Waals surface area contributed by atoms with Gasteiger partial charge in [-0.05, 0) is 39.1 Å². The van der Waals surface area contributed by atoms with Gasteiger partial charge in [0.05, 0.1) is 18.3 Å². The molecule has 0 saturated heterocycles. The molecule has 0 radical (unpaired) electrons. The summed E-state index contributed by atoms with van der Waals surface area (Å²) in [5.41, 5.74) is 0.933. The first kappa shape index (κ1) is 16.3. The maximum atomic E-state index is 12.0. The van der Waals surface area contributed by atoms with Gasteiger partial charge in [-0.15, -0.1) is 0 Å². The second-order valence-corrected chi connectivity index (χ2v) is 6.93. The number of fused-ring (bicyclic) bond motifs is 3. The van der Waals surface area contributed by atoms with Crippen LogP contribution < -0.4 is 9.88 Å². The topological polar surface area (TPSA) is 46.6 Å². The summed E-state index contributed by atoms with van der Waals surface area (Å²) in [6, 6.07) is 10.3. The highest BCUT2D eigenvalue weighted by Crippen LogP contribution is 2.26. The van der Waals surface area contributed by atoms with Crippen LogP contribution in [0.5, 0.6) is 0 Å². The van der Waals surface area contributed by atoms with E-state index < -0.39 is 0 Å². The van der Waals surface area contributed by atoms with Gasteiger partial charge in [-0.1, -0.05) is 24.3 Å². The molecule has 126 valence electrons. The van der Waals surface area contributed by atoms with Gasteiger partial charge in [-0.25, -0.2) is 13.8 Å². The van der Waals surface area contributed by atoms with E-state index in [9.17, 15) is 4.79 Å². The summed E-state index contributed by atoms with van der Waals surface area (Å²) >= 11 is 0. The number of carbonyl (C=O) groups excluding carboxylic acids is 1. The van der Waals surface area contributed by atoms with Crippen molar-refractivity contribution in [3.05, 3.63) is 42.9 Å². The second kappa shape index (κ2) is 6.15. The number of aromatic nitrogens is 2. The Hall–Kier alpha value is -2.56. The van der Waals surface area contributed by atoms with E-state index in [2.05, 4.69) is 48.7 Å². The van der Waals surface area contributed by atoms with Crippen LogP contribution in [0.2, 0.25) is 0 Å². The lowest BCUT2D eigenvalue weighted by molar-refractivity contribution is -0.671. The summed E-state index contributed by atoms with van der Waals surface area (Å²) in [7, 11) is 0. The molecule has 3 aromatic rings. The van der Waals surface area contributed by atoms with Crippen molar-refractivity contribution in [2.24, 2.45) is 0 Å². The Labute approximate surface area is 141 Å². The Morgan fingerprint density at radius 3 is 2.71 bits per heavy atom. The maximum Gasteiger partial charge on any atom is 0.340 e. The van der Waals surface area contributed by atoms with Gasteiger partial charge in [0.15, 0.2) is 18.4 Å². The van der Waals surface area contributed by atoms with Gasteiger partial charge in [0.2, 0.25) is 0 Å². The highest BCUT2D eigenvalue weighted by atomic mass is 16.5. The molecule has 0 amide bonds. The van der Waals surface area contributed by atoms with Crippen LogP contribution in [0, 0.1) is 0 Å². The molecule has 2 heterocycles. The molecule has 3 rings (SSSR count). The Bertz CT molecular complexity index is 891. The van der Waals surface area contributed by atoms with E-state index in [1.807, 2.05) is 36.1 Å². The zero-order valence-corrected chi connectivity index (χ0v) is 14.7. The molecule has 0 bridgehead atoms. The molecule has 5 nitrogen and oxygen atoms in total. The quantitative estimate of drug-likeness (QED) is 0.592. The van der Waals surface area contributed by atoms with E-state index in [1.54, 1.807) is 0 Å². The van der Waals surface area contributed by atoms with Crippen LogP contribution >= 0.6 is 0 Å². The number of nitrogens with one attached hydrogen (secondary N) is 1. The second-order valence-electron chi connectivity index (χ2n) is 6.93. The fourth-order valence-electron chi connectivity index (χ4n) is 2.87. The van der Waals surface area contributed by atoms with Crippen LogP contribution in [0.3, 0.4) is 0 Å². The summed E-state index contributed by atoms with van der Waals surface area (Å²) in [5, 5.41) is 5.86. The fourth-order valence-corrected chi connectivity index (χ4v) is 2.87. The van der Waals surface area contributed by atoms with Crippen molar-refractivity contribution in [1.82, 2.24) is 4.40 Å². The molecule has 2 aromatic heterocycles. The van der Waals surface area contributed by atoms with Crippen molar-refractivity contribution in [3.8, 4) is 0 Å². The highest BCUT2D eigenvalue weighted by Gasteiger charge is 2.25. The molecule has 0 unspecified atom stereocenters. The fraction of sp³-hybridized carbons (Fsp3) is 0.368. The van der Waals surface area contributed by atoms with Gasteiger partial charge >= 0.3 is 5.97 Å². The molecule has 0 aliphatic carbocycles. The van der Waals surface area contributed by atoms with Crippen LogP contribution in [0.1, 0.15) is 27.7 Å². The number of imidazole rings is 1. The molecule has 0 aliphatic heterocycles. The molecule has 24 heavy (non-hydrogen) atoms. The summed E-state index contributed by atoms with van der Waals surface area (Å²) in [6.45, 7) is 8.71. The van der Waals surface area contributed by atoms with Crippen molar-refractivity contribution in [2.45, 2.75) is 39.8 Å². The van der Waals surface area contributed by atoms with Crippen molar-refractivity contribution >= 4 is 28.1 Å². The summed E-state index contributed by atoms with van der Waals surface area (Å²) in [5.74, 6) is 0.687. The number of hydrogen-bond donors (Lipinski definition) is 1. The van der Waals surface area contributed by atoms with Crippen molar-refractivity contribution in [2.75, 3.05) is 11.9 Å².